The SMILES string of the molecule is Cc1nc(C)c(CN[C@@H](C)C2CCCC2)s1. The Labute approximate surface area is 102 Å². The highest BCUT2D eigenvalue weighted by molar-refractivity contribution is 7.11. The first-order valence-corrected chi connectivity index (χ1v) is 7.14. The Hall–Kier alpha value is -0.410. The zero-order valence-corrected chi connectivity index (χ0v) is 11.4. The summed E-state index contributed by atoms with van der Waals surface area (Å²) in [6.07, 6.45) is 5.68. The van der Waals surface area contributed by atoms with Crippen molar-refractivity contribution in [2.24, 2.45) is 5.92 Å². The van der Waals surface area contributed by atoms with Crippen molar-refractivity contribution in [2.45, 2.75) is 59.0 Å². The van der Waals surface area contributed by atoms with E-state index in [9.17, 15) is 0 Å². The third-order valence-corrected chi connectivity index (χ3v) is 4.76. The van der Waals surface area contributed by atoms with Crippen molar-refractivity contribution < 1.29 is 0 Å². The summed E-state index contributed by atoms with van der Waals surface area (Å²) in [4.78, 5) is 5.87. The molecule has 1 atom stereocenters. The molecule has 2 nitrogen and oxygen atoms in total. The van der Waals surface area contributed by atoms with Gasteiger partial charge in [-0.2, -0.15) is 0 Å². The van der Waals surface area contributed by atoms with Gasteiger partial charge in [0.15, 0.2) is 0 Å². The number of nitrogens with one attached hydrogen (secondary N) is 1. The molecule has 0 amide bonds. The molecule has 0 bridgehead atoms. The number of aromatic nitrogens is 1. The van der Waals surface area contributed by atoms with E-state index in [1.165, 1.54) is 41.3 Å². The average Bonchev–Trinajstić information content (AvgIpc) is 2.84. The summed E-state index contributed by atoms with van der Waals surface area (Å²) < 4.78 is 0. The lowest BCUT2D eigenvalue weighted by Gasteiger charge is -2.20. The molecule has 2 rings (SSSR count). The minimum atomic E-state index is 0.657. The Morgan fingerprint density at radius 3 is 2.62 bits per heavy atom. The Kier molecular flexibility index (Phi) is 3.98. The Morgan fingerprint density at radius 2 is 2.06 bits per heavy atom. The van der Waals surface area contributed by atoms with Gasteiger partial charge in [0.2, 0.25) is 0 Å². The van der Waals surface area contributed by atoms with Crippen molar-refractivity contribution in [2.75, 3.05) is 0 Å². The van der Waals surface area contributed by atoms with Crippen molar-refractivity contribution in [1.29, 1.82) is 0 Å². The van der Waals surface area contributed by atoms with E-state index in [4.69, 9.17) is 0 Å². The van der Waals surface area contributed by atoms with Gasteiger partial charge in [0.1, 0.15) is 0 Å². The van der Waals surface area contributed by atoms with Gasteiger partial charge in [-0.05, 0) is 39.5 Å². The first-order chi connectivity index (χ1) is 7.66. The van der Waals surface area contributed by atoms with Crippen molar-refractivity contribution in [3.05, 3.63) is 15.6 Å². The van der Waals surface area contributed by atoms with E-state index in [0.717, 1.165) is 12.5 Å². The fourth-order valence-corrected chi connectivity index (χ4v) is 3.50. The predicted octanol–water partition coefficient (Wildman–Crippen LogP) is 3.43. The van der Waals surface area contributed by atoms with E-state index in [1.807, 2.05) is 11.3 Å². The van der Waals surface area contributed by atoms with Crippen LogP contribution in [0.2, 0.25) is 0 Å². The number of hydrogen-bond acceptors (Lipinski definition) is 3. The van der Waals surface area contributed by atoms with E-state index >= 15 is 0 Å². The van der Waals surface area contributed by atoms with Crippen LogP contribution >= 0.6 is 11.3 Å². The molecular weight excluding hydrogens is 216 g/mol. The minimum Gasteiger partial charge on any atom is -0.309 e. The van der Waals surface area contributed by atoms with Crippen LogP contribution in [0.4, 0.5) is 0 Å². The molecule has 16 heavy (non-hydrogen) atoms. The van der Waals surface area contributed by atoms with Gasteiger partial charge in [-0.1, -0.05) is 12.8 Å². The summed E-state index contributed by atoms with van der Waals surface area (Å²) in [5.74, 6) is 0.898. The van der Waals surface area contributed by atoms with Crippen LogP contribution in [0.1, 0.15) is 48.2 Å². The molecule has 0 radical (unpaired) electrons. The number of aryl methyl sites for hydroxylation is 2. The van der Waals surface area contributed by atoms with Crippen LogP contribution in [0.3, 0.4) is 0 Å². The molecule has 1 aromatic heterocycles. The molecule has 0 spiro atoms. The van der Waals surface area contributed by atoms with E-state index in [2.05, 4.69) is 31.1 Å². The molecule has 0 aliphatic heterocycles. The summed E-state index contributed by atoms with van der Waals surface area (Å²) >= 11 is 1.83. The third kappa shape index (κ3) is 2.83. The summed E-state index contributed by atoms with van der Waals surface area (Å²) in [7, 11) is 0. The Morgan fingerprint density at radius 1 is 1.38 bits per heavy atom. The monoisotopic (exact) mass is 238 g/mol. The van der Waals surface area contributed by atoms with Gasteiger partial charge >= 0.3 is 0 Å². The van der Waals surface area contributed by atoms with Crippen LogP contribution in [-0.4, -0.2) is 11.0 Å². The van der Waals surface area contributed by atoms with Gasteiger partial charge < -0.3 is 5.32 Å². The first-order valence-electron chi connectivity index (χ1n) is 6.33. The molecular formula is C13H22N2S. The zero-order valence-electron chi connectivity index (χ0n) is 10.5. The Balaban J connectivity index is 1.84. The maximum Gasteiger partial charge on any atom is 0.0900 e. The number of thiazole rings is 1. The molecule has 1 fully saturated rings. The lowest BCUT2D eigenvalue weighted by Crippen LogP contribution is -2.31. The van der Waals surface area contributed by atoms with E-state index in [-0.39, 0.29) is 0 Å². The van der Waals surface area contributed by atoms with Gasteiger partial charge in [-0.3, -0.25) is 0 Å². The van der Waals surface area contributed by atoms with Crippen LogP contribution in [-0.2, 0) is 6.54 Å². The van der Waals surface area contributed by atoms with Crippen LogP contribution < -0.4 is 5.32 Å². The van der Waals surface area contributed by atoms with Gasteiger partial charge in [0, 0.05) is 17.5 Å². The molecule has 3 heteroatoms. The quantitative estimate of drug-likeness (QED) is 0.869. The van der Waals surface area contributed by atoms with Crippen LogP contribution in [0, 0.1) is 19.8 Å². The van der Waals surface area contributed by atoms with Crippen molar-refractivity contribution >= 4 is 11.3 Å². The molecule has 0 unspecified atom stereocenters. The van der Waals surface area contributed by atoms with Crippen molar-refractivity contribution in [3.8, 4) is 0 Å². The number of nitrogens with zero attached hydrogens (tertiary/aromatic N) is 1. The largest absolute Gasteiger partial charge is 0.309 e. The third-order valence-electron chi connectivity index (χ3n) is 3.69. The lowest BCUT2D eigenvalue weighted by molar-refractivity contribution is 0.381. The standard InChI is InChI=1S/C13H22N2S/c1-9(12-6-4-5-7-12)14-8-13-10(2)15-11(3)16-13/h9,12,14H,4-8H2,1-3H3/t9-/m0/s1. The fourth-order valence-electron chi connectivity index (χ4n) is 2.62. The van der Waals surface area contributed by atoms with Gasteiger partial charge in [0.25, 0.3) is 0 Å². The summed E-state index contributed by atoms with van der Waals surface area (Å²) in [6, 6.07) is 0.657. The maximum atomic E-state index is 4.47. The van der Waals surface area contributed by atoms with E-state index in [1.54, 1.807) is 0 Å². The zero-order chi connectivity index (χ0) is 11.5. The highest BCUT2D eigenvalue weighted by Crippen LogP contribution is 2.28. The average molecular weight is 238 g/mol. The second-order valence-electron chi connectivity index (χ2n) is 4.96. The highest BCUT2D eigenvalue weighted by Gasteiger charge is 2.21. The van der Waals surface area contributed by atoms with Gasteiger partial charge in [-0.15, -0.1) is 11.3 Å². The molecule has 1 aliphatic carbocycles. The highest BCUT2D eigenvalue weighted by atomic mass is 32.1. The minimum absolute atomic E-state index is 0.657. The van der Waals surface area contributed by atoms with Gasteiger partial charge in [0.05, 0.1) is 10.7 Å². The molecule has 1 aromatic rings. The maximum absolute atomic E-state index is 4.47. The second kappa shape index (κ2) is 5.28. The Bertz CT molecular complexity index is 340. The molecule has 1 aliphatic rings. The van der Waals surface area contributed by atoms with Crippen molar-refractivity contribution in [1.82, 2.24) is 10.3 Å². The predicted molar refractivity (Wildman–Crippen MR) is 69.8 cm³/mol. The summed E-state index contributed by atoms with van der Waals surface area (Å²) in [5.41, 5.74) is 1.20. The van der Waals surface area contributed by atoms with Gasteiger partial charge in [-0.25, -0.2) is 4.98 Å². The molecule has 1 heterocycles. The number of rotatable bonds is 4. The summed E-state index contributed by atoms with van der Waals surface area (Å²) in [6.45, 7) is 7.52. The smallest absolute Gasteiger partial charge is 0.0900 e. The summed E-state index contributed by atoms with van der Waals surface area (Å²) in [5, 5.41) is 4.85. The topological polar surface area (TPSA) is 24.9 Å². The van der Waals surface area contributed by atoms with E-state index in [0.29, 0.717) is 6.04 Å². The molecule has 1 N–H and O–H groups in total. The van der Waals surface area contributed by atoms with E-state index < -0.39 is 0 Å². The number of hydrogen-bond donors (Lipinski definition) is 1. The first kappa shape index (κ1) is 12.1. The fraction of sp³-hybridized carbons (Fsp3) is 0.769. The second-order valence-corrected chi connectivity index (χ2v) is 6.24. The van der Waals surface area contributed by atoms with Crippen LogP contribution in [0.25, 0.3) is 0 Å². The van der Waals surface area contributed by atoms with Crippen LogP contribution in [0.15, 0.2) is 0 Å². The molecule has 90 valence electrons. The van der Waals surface area contributed by atoms with Crippen LogP contribution in [0.5, 0.6) is 0 Å². The van der Waals surface area contributed by atoms with Crippen molar-refractivity contribution in [3.63, 3.8) is 0 Å². The normalized spacial score (nSPS) is 19.2. The molecule has 1 saturated carbocycles. The lowest BCUT2D eigenvalue weighted by atomic mass is 10.00. The molecule has 0 saturated heterocycles. The molecule has 0 aromatic carbocycles.